The zero-order chi connectivity index (χ0) is 29.2. The lowest BCUT2D eigenvalue weighted by Crippen LogP contribution is -2.68. The van der Waals surface area contributed by atoms with E-state index in [2.05, 4.69) is 10.6 Å². The summed E-state index contributed by atoms with van der Waals surface area (Å²) in [4.78, 5) is 23.2. The summed E-state index contributed by atoms with van der Waals surface area (Å²) in [5.41, 5.74) is 0. The number of carbonyl (C=O) groups excluding carboxylic acids is 2. The van der Waals surface area contributed by atoms with Gasteiger partial charge in [-0.25, -0.2) is 0 Å². The van der Waals surface area contributed by atoms with Gasteiger partial charge >= 0.3 is 0 Å². The largest absolute Gasteiger partial charge is 0.394 e. The molecule has 226 valence electrons. The molecule has 0 aromatic carbocycles. The molecule has 3 aliphatic rings. The van der Waals surface area contributed by atoms with Crippen molar-refractivity contribution in [1.29, 1.82) is 0 Å². The molecule has 3 fully saturated rings. The van der Waals surface area contributed by atoms with Crippen molar-refractivity contribution >= 4 is 11.8 Å². The first-order valence-electron chi connectivity index (χ1n) is 12.4. The topological polar surface area (TPSA) is 266 Å². The van der Waals surface area contributed by atoms with Gasteiger partial charge in [-0.2, -0.15) is 0 Å². The fourth-order valence-corrected chi connectivity index (χ4v) is 4.81. The van der Waals surface area contributed by atoms with Crippen molar-refractivity contribution < 1.29 is 74.1 Å². The predicted octanol–water partition coefficient (Wildman–Crippen LogP) is -6.26. The van der Waals surface area contributed by atoms with Crippen molar-refractivity contribution in [3.63, 3.8) is 0 Å². The van der Waals surface area contributed by atoms with E-state index in [1.807, 2.05) is 0 Å². The van der Waals surface area contributed by atoms with Gasteiger partial charge in [-0.05, 0) is 6.92 Å². The van der Waals surface area contributed by atoms with Crippen LogP contribution in [0.15, 0.2) is 0 Å². The molecule has 10 N–H and O–H groups in total. The Balaban J connectivity index is 1.82. The standard InChI is InChI=1S/C22H38N2O15/c1-6-13(29)19(39-21-12(24-8(3)28)15(31)14(30)9(4-25)37-21)17(33)22(35-6)38-18-10(5-26)36-20(34)11(16(18)32)23-7(2)27/h6,9-22,25-26,29-34H,4-5H2,1-3H3,(H,23,27)(H,24,28)/t6-,9+,10+,11+,12+,13-,14+,15+,16+,17+,18+,19+,20?,21+,22+/m0/s1. The number of aliphatic hydroxyl groups is 8. The fraction of sp³-hybridized carbons (Fsp3) is 0.909. The summed E-state index contributed by atoms with van der Waals surface area (Å²) < 4.78 is 27.8. The van der Waals surface area contributed by atoms with Crippen LogP contribution >= 0.6 is 0 Å². The molecule has 2 amide bonds. The predicted molar refractivity (Wildman–Crippen MR) is 123 cm³/mol. The quantitative estimate of drug-likeness (QED) is 0.130. The van der Waals surface area contributed by atoms with Crippen molar-refractivity contribution in [2.24, 2.45) is 0 Å². The third-order valence-corrected chi connectivity index (χ3v) is 6.86. The van der Waals surface area contributed by atoms with Gasteiger partial charge in [0.25, 0.3) is 0 Å². The van der Waals surface area contributed by atoms with Crippen molar-refractivity contribution in [1.82, 2.24) is 10.6 Å². The van der Waals surface area contributed by atoms with Gasteiger partial charge in [-0.1, -0.05) is 0 Å². The Morgan fingerprint density at radius 2 is 1.23 bits per heavy atom. The fourth-order valence-electron chi connectivity index (χ4n) is 4.81. The molecule has 17 nitrogen and oxygen atoms in total. The SMILES string of the molecule is CC(=O)N[C@H]1[C@@H](O[C@@H]2[C@@H](O)[C@H](C)O[C@H](O[C@H]3[C@H](O)[C@@H](NC(C)=O)C(O)O[C@@H]3CO)[C@@H]2O)O[C@H](CO)[C@@H](O)[C@@H]1O. The molecule has 0 aromatic rings. The van der Waals surface area contributed by atoms with Crippen molar-refractivity contribution in [2.75, 3.05) is 13.2 Å². The second kappa shape index (κ2) is 13.4. The first-order chi connectivity index (χ1) is 18.3. The van der Waals surface area contributed by atoms with E-state index in [0.29, 0.717) is 0 Å². The van der Waals surface area contributed by atoms with Crippen LogP contribution in [0.5, 0.6) is 0 Å². The smallest absolute Gasteiger partial charge is 0.217 e. The van der Waals surface area contributed by atoms with Gasteiger partial charge in [0.05, 0.1) is 19.3 Å². The minimum Gasteiger partial charge on any atom is -0.394 e. The highest BCUT2D eigenvalue weighted by atomic mass is 16.7. The molecule has 0 saturated carbocycles. The molecule has 15 atom stereocenters. The Morgan fingerprint density at radius 3 is 1.79 bits per heavy atom. The van der Waals surface area contributed by atoms with E-state index in [4.69, 9.17) is 23.7 Å². The van der Waals surface area contributed by atoms with Crippen LogP contribution in [-0.4, -0.2) is 158 Å². The Bertz CT molecular complexity index is 837. The third kappa shape index (κ3) is 7.02. The highest BCUT2D eigenvalue weighted by Gasteiger charge is 2.53. The van der Waals surface area contributed by atoms with E-state index in [-0.39, 0.29) is 0 Å². The maximum Gasteiger partial charge on any atom is 0.217 e. The number of nitrogens with one attached hydrogen (secondary N) is 2. The summed E-state index contributed by atoms with van der Waals surface area (Å²) in [6.07, 6.45) is -19.8. The van der Waals surface area contributed by atoms with E-state index in [1.54, 1.807) is 0 Å². The summed E-state index contributed by atoms with van der Waals surface area (Å²) in [6.45, 7) is 2.23. The highest BCUT2D eigenvalue weighted by Crippen LogP contribution is 2.32. The molecule has 3 rings (SSSR count). The highest BCUT2D eigenvalue weighted by molar-refractivity contribution is 5.73. The van der Waals surface area contributed by atoms with Crippen LogP contribution in [0.25, 0.3) is 0 Å². The number of amides is 2. The molecule has 3 aliphatic heterocycles. The van der Waals surface area contributed by atoms with Gasteiger partial charge in [0, 0.05) is 13.8 Å². The maximum absolute atomic E-state index is 11.7. The van der Waals surface area contributed by atoms with E-state index in [1.165, 1.54) is 6.92 Å². The van der Waals surface area contributed by atoms with E-state index < -0.39 is 117 Å². The molecule has 3 heterocycles. The van der Waals surface area contributed by atoms with Crippen LogP contribution in [0.4, 0.5) is 0 Å². The van der Waals surface area contributed by atoms with E-state index in [9.17, 15) is 50.4 Å². The number of hydrogen-bond acceptors (Lipinski definition) is 15. The van der Waals surface area contributed by atoms with Gasteiger partial charge in [0.2, 0.25) is 11.8 Å². The van der Waals surface area contributed by atoms with Crippen molar-refractivity contribution in [3.05, 3.63) is 0 Å². The number of ether oxygens (including phenoxy) is 5. The maximum atomic E-state index is 11.7. The zero-order valence-corrected chi connectivity index (χ0v) is 21.5. The summed E-state index contributed by atoms with van der Waals surface area (Å²) in [6, 6.07) is -2.73. The average Bonchev–Trinajstić information content (AvgIpc) is 2.87. The minimum absolute atomic E-state index is 0.600. The summed E-state index contributed by atoms with van der Waals surface area (Å²) in [5.74, 6) is -1.22. The van der Waals surface area contributed by atoms with Gasteiger partial charge in [-0.3, -0.25) is 9.59 Å². The molecule has 0 bridgehead atoms. The summed E-state index contributed by atoms with van der Waals surface area (Å²) in [7, 11) is 0. The van der Waals surface area contributed by atoms with Crippen molar-refractivity contribution in [3.8, 4) is 0 Å². The second-order valence-corrected chi connectivity index (χ2v) is 9.79. The van der Waals surface area contributed by atoms with Crippen LogP contribution < -0.4 is 10.6 Å². The lowest BCUT2D eigenvalue weighted by atomic mass is 9.95. The number of hydrogen-bond donors (Lipinski definition) is 10. The average molecular weight is 571 g/mol. The zero-order valence-electron chi connectivity index (χ0n) is 21.5. The Morgan fingerprint density at radius 1 is 0.667 bits per heavy atom. The van der Waals surface area contributed by atoms with E-state index >= 15 is 0 Å². The Labute approximate surface area is 223 Å². The van der Waals surface area contributed by atoms with Gasteiger partial charge in [-0.15, -0.1) is 0 Å². The molecule has 17 heteroatoms. The molecule has 1 unspecified atom stereocenters. The molecule has 0 radical (unpaired) electrons. The summed E-state index contributed by atoms with van der Waals surface area (Å²) in [5, 5.41) is 87.4. The lowest BCUT2D eigenvalue weighted by molar-refractivity contribution is -0.364. The van der Waals surface area contributed by atoms with Crippen LogP contribution in [-0.2, 0) is 33.3 Å². The van der Waals surface area contributed by atoms with Gasteiger partial charge in [0.1, 0.15) is 67.0 Å². The summed E-state index contributed by atoms with van der Waals surface area (Å²) >= 11 is 0. The Kier molecular flexibility index (Phi) is 11.0. The molecular formula is C22H38N2O15. The molecule has 3 saturated heterocycles. The van der Waals surface area contributed by atoms with Crippen molar-refractivity contribution in [2.45, 2.75) is 113 Å². The van der Waals surface area contributed by atoms with Crippen LogP contribution in [0.2, 0.25) is 0 Å². The molecule has 0 aromatic heterocycles. The third-order valence-electron chi connectivity index (χ3n) is 6.86. The first-order valence-corrected chi connectivity index (χ1v) is 12.4. The van der Waals surface area contributed by atoms with Gasteiger partial charge < -0.3 is 75.2 Å². The lowest BCUT2D eigenvalue weighted by Gasteiger charge is -2.48. The van der Waals surface area contributed by atoms with Gasteiger partial charge in [0.15, 0.2) is 18.9 Å². The number of rotatable bonds is 8. The van der Waals surface area contributed by atoms with E-state index in [0.717, 1.165) is 13.8 Å². The first kappa shape index (κ1) is 31.9. The van der Waals surface area contributed by atoms with Crippen LogP contribution in [0.3, 0.4) is 0 Å². The monoisotopic (exact) mass is 570 g/mol. The second-order valence-electron chi connectivity index (χ2n) is 9.79. The Hall–Kier alpha value is -1.58. The molecule has 0 aliphatic carbocycles. The number of aliphatic hydroxyl groups excluding tert-OH is 8. The van der Waals surface area contributed by atoms with Crippen LogP contribution in [0, 0.1) is 0 Å². The molecule has 0 spiro atoms. The minimum atomic E-state index is -1.81. The molecular weight excluding hydrogens is 532 g/mol. The molecule has 39 heavy (non-hydrogen) atoms. The number of carbonyl (C=O) groups is 2. The normalized spacial score (nSPS) is 46.9. The van der Waals surface area contributed by atoms with Crippen LogP contribution in [0.1, 0.15) is 20.8 Å².